The molecule has 6 nitrogen and oxygen atoms in total. The Balaban J connectivity index is 1.37. The maximum atomic E-state index is 13.5. The number of hydrogen-bond donors (Lipinski definition) is 2. The number of piperidine rings is 1. The molecule has 0 saturated carbocycles. The summed E-state index contributed by atoms with van der Waals surface area (Å²) < 4.78 is 6.26. The van der Waals surface area contributed by atoms with Gasteiger partial charge in [0.15, 0.2) is 0 Å². The Labute approximate surface area is 188 Å². The van der Waals surface area contributed by atoms with Crippen molar-refractivity contribution in [1.29, 1.82) is 0 Å². The lowest BCUT2D eigenvalue weighted by atomic mass is 9.75. The third-order valence-corrected chi connectivity index (χ3v) is 7.33. The molecule has 1 spiro atoms. The highest BCUT2D eigenvalue weighted by Gasteiger charge is 2.67. The predicted octanol–water partition coefficient (Wildman–Crippen LogP) is 3.05. The van der Waals surface area contributed by atoms with Crippen LogP contribution in [-0.4, -0.2) is 47.2 Å². The Kier molecular flexibility index (Phi) is 4.60. The van der Waals surface area contributed by atoms with E-state index >= 15 is 0 Å². The topological polar surface area (TPSA) is 70.7 Å². The van der Waals surface area contributed by atoms with Gasteiger partial charge in [-0.15, -0.1) is 0 Å². The number of carbonyl (C=O) groups is 2. The van der Waals surface area contributed by atoms with Gasteiger partial charge < -0.3 is 20.3 Å². The summed E-state index contributed by atoms with van der Waals surface area (Å²) in [6.07, 6.45) is 5.28. The standard InChI is InChI=1S/C24H30ClN3O3/c1-22(2)11-15(12-23(3,4)27-22)26-20(29)18-17-9-10-24(31-17)13-28(21(30)19(18)24)16-7-5-14(25)6-8-16/h5-10,15,17-19,27H,11-13H2,1-4H3,(H,26,29)/t17-,18+,19+,24-/m1/s1. The zero-order valence-corrected chi connectivity index (χ0v) is 19.2. The molecule has 166 valence electrons. The zero-order chi connectivity index (χ0) is 22.2. The fraction of sp³-hybridized carbons (Fsp3) is 0.583. The average Bonchev–Trinajstić information content (AvgIpc) is 3.28. The van der Waals surface area contributed by atoms with Crippen molar-refractivity contribution in [2.24, 2.45) is 11.8 Å². The summed E-state index contributed by atoms with van der Waals surface area (Å²) in [4.78, 5) is 28.6. The summed E-state index contributed by atoms with van der Waals surface area (Å²) in [5.74, 6) is -1.14. The summed E-state index contributed by atoms with van der Waals surface area (Å²) in [5.41, 5.74) is -0.0865. The summed E-state index contributed by atoms with van der Waals surface area (Å²) in [6, 6.07) is 7.27. The van der Waals surface area contributed by atoms with Gasteiger partial charge in [0.05, 0.1) is 24.5 Å². The van der Waals surface area contributed by atoms with Crippen LogP contribution in [0.2, 0.25) is 5.02 Å². The highest BCUT2D eigenvalue weighted by Crippen LogP contribution is 2.52. The van der Waals surface area contributed by atoms with Crippen molar-refractivity contribution in [2.75, 3.05) is 11.4 Å². The van der Waals surface area contributed by atoms with Gasteiger partial charge in [0.1, 0.15) is 5.60 Å². The van der Waals surface area contributed by atoms with E-state index in [0.29, 0.717) is 11.6 Å². The van der Waals surface area contributed by atoms with Gasteiger partial charge in [-0.3, -0.25) is 9.59 Å². The highest BCUT2D eigenvalue weighted by molar-refractivity contribution is 6.30. The first-order chi connectivity index (χ1) is 14.5. The maximum Gasteiger partial charge on any atom is 0.234 e. The molecule has 2 N–H and O–H groups in total. The van der Waals surface area contributed by atoms with E-state index in [0.717, 1.165) is 18.5 Å². The minimum absolute atomic E-state index is 0.0553. The molecule has 0 aliphatic carbocycles. The lowest BCUT2D eigenvalue weighted by Crippen LogP contribution is -2.62. The average molecular weight is 444 g/mol. The van der Waals surface area contributed by atoms with Crippen LogP contribution in [0.5, 0.6) is 0 Å². The quantitative estimate of drug-likeness (QED) is 0.704. The van der Waals surface area contributed by atoms with Crippen LogP contribution >= 0.6 is 11.6 Å². The molecule has 4 atom stereocenters. The van der Waals surface area contributed by atoms with Crippen molar-refractivity contribution >= 4 is 29.1 Å². The molecule has 4 aliphatic rings. The van der Waals surface area contributed by atoms with Gasteiger partial charge in [-0.2, -0.15) is 0 Å². The number of anilines is 1. The summed E-state index contributed by atoms with van der Waals surface area (Å²) in [5, 5.41) is 7.53. The van der Waals surface area contributed by atoms with E-state index in [9.17, 15) is 9.59 Å². The van der Waals surface area contributed by atoms with Crippen LogP contribution in [-0.2, 0) is 14.3 Å². The second kappa shape index (κ2) is 6.80. The van der Waals surface area contributed by atoms with Crippen molar-refractivity contribution in [3.8, 4) is 0 Å². The highest BCUT2D eigenvalue weighted by atomic mass is 35.5. The summed E-state index contributed by atoms with van der Waals surface area (Å²) >= 11 is 6.01. The van der Waals surface area contributed by atoms with E-state index in [1.165, 1.54) is 0 Å². The van der Waals surface area contributed by atoms with E-state index in [1.54, 1.807) is 17.0 Å². The monoisotopic (exact) mass is 443 g/mol. The Morgan fingerprint density at radius 1 is 1.16 bits per heavy atom. The summed E-state index contributed by atoms with van der Waals surface area (Å²) in [7, 11) is 0. The SMILES string of the molecule is CC1(C)CC(NC(=O)[C@@H]2[C@H]3C(=O)N(c4ccc(Cl)cc4)C[C@]34C=C[C@H]2O4)CC(C)(C)N1. The van der Waals surface area contributed by atoms with E-state index in [4.69, 9.17) is 16.3 Å². The number of halogens is 1. The van der Waals surface area contributed by atoms with E-state index < -0.39 is 17.4 Å². The van der Waals surface area contributed by atoms with Crippen LogP contribution in [0.4, 0.5) is 5.69 Å². The second-order valence-corrected chi connectivity index (χ2v) is 11.2. The van der Waals surface area contributed by atoms with Gasteiger partial charge in [-0.1, -0.05) is 23.8 Å². The third kappa shape index (κ3) is 3.49. The predicted molar refractivity (Wildman–Crippen MR) is 120 cm³/mol. The number of ether oxygens (including phenoxy) is 1. The molecule has 0 unspecified atom stereocenters. The minimum atomic E-state index is -0.726. The van der Waals surface area contributed by atoms with Crippen LogP contribution in [0.3, 0.4) is 0 Å². The van der Waals surface area contributed by atoms with Gasteiger partial charge in [-0.25, -0.2) is 0 Å². The molecule has 3 fully saturated rings. The molecule has 5 rings (SSSR count). The number of fused-ring (bicyclic) bond motifs is 1. The molecule has 1 aromatic rings. The van der Waals surface area contributed by atoms with Crippen LogP contribution in [0.15, 0.2) is 36.4 Å². The summed E-state index contributed by atoms with van der Waals surface area (Å²) in [6.45, 7) is 9.07. The fourth-order valence-electron chi connectivity index (χ4n) is 6.36. The van der Waals surface area contributed by atoms with Crippen molar-refractivity contribution < 1.29 is 14.3 Å². The number of hydrogen-bond acceptors (Lipinski definition) is 4. The van der Waals surface area contributed by atoms with Gasteiger partial charge in [0.25, 0.3) is 0 Å². The molecular weight excluding hydrogens is 414 g/mol. The molecule has 0 radical (unpaired) electrons. The van der Waals surface area contributed by atoms with E-state index in [1.807, 2.05) is 24.3 Å². The molecule has 4 heterocycles. The number of rotatable bonds is 3. The Bertz CT molecular complexity index is 941. The van der Waals surface area contributed by atoms with Crippen molar-refractivity contribution in [3.63, 3.8) is 0 Å². The van der Waals surface area contributed by atoms with Gasteiger partial charge in [-0.05, 0) is 64.8 Å². The molecule has 2 bridgehead atoms. The first kappa shape index (κ1) is 21.0. The molecular formula is C24H30ClN3O3. The smallest absolute Gasteiger partial charge is 0.234 e. The zero-order valence-electron chi connectivity index (χ0n) is 18.4. The largest absolute Gasteiger partial charge is 0.360 e. The van der Waals surface area contributed by atoms with Crippen molar-refractivity contribution in [2.45, 2.75) is 69.4 Å². The van der Waals surface area contributed by atoms with Gasteiger partial charge >= 0.3 is 0 Å². The Morgan fingerprint density at radius 2 is 1.81 bits per heavy atom. The normalized spacial score (nSPS) is 35.5. The molecule has 7 heteroatoms. The molecule has 0 aromatic heterocycles. The number of carbonyl (C=O) groups excluding carboxylic acids is 2. The number of nitrogens with one attached hydrogen (secondary N) is 2. The minimum Gasteiger partial charge on any atom is -0.360 e. The van der Waals surface area contributed by atoms with Gasteiger partial charge in [0.2, 0.25) is 11.8 Å². The number of nitrogens with zero attached hydrogens (tertiary/aromatic N) is 1. The number of amides is 2. The fourth-order valence-corrected chi connectivity index (χ4v) is 6.48. The van der Waals surface area contributed by atoms with Crippen molar-refractivity contribution in [3.05, 3.63) is 41.4 Å². The molecule has 4 aliphatic heterocycles. The molecule has 3 saturated heterocycles. The maximum absolute atomic E-state index is 13.5. The number of benzene rings is 1. The Morgan fingerprint density at radius 3 is 2.45 bits per heavy atom. The van der Waals surface area contributed by atoms with Crippen LogP contribution in [0, 0.1) is 11.8 Å². The molecule has 2 amide bonds. The first-order valence-electron chi connectivity index (χ1n) is 11.0. The third-order valence-electron chi connectivity index (χ3n) is 7.08. The molecule has 1 aromatic carbocycles. The van der Waals surface area contributed by atoms with E-state index in [-0.39, 0.29) is 35.0 Å². The molecule has 31 heavy (non-hydrogen) atoms. The van der Waals surface area contributed by atoms with Crippen LogP contribution in [0.25, 0.3) is 0 Å². The van der Waals surface area contributed by atoms with Crippen LogP contribution in [0.1, 0.15) is 40.5 Å². The lowest BCUT2D eigenvalue weighted by molar-refractivity contribution is -0.132. The van der Waals surface area contributed by atoms with Crippen LogP contribution < -0.4 is 15.5 Å². The lowest BCUT2D eigenvalue weighted by Gasteiger charge is -2.47. The van der Waals surface area contributed by atoms with E-state index in [2.05, 4.69) is 38.3 Å². The Hall–Kier alpha value is -1.89. The first-order valence-corrected chi connectivity index (χ1v) is 11.4. The van der Waals surface area contributed by atoms with Gasteiger partial charge in [0, 0.05) is 27.8 Å². The van der Waals surface area contributed by atoms with Crippen molar-refractivity contribution in [1.82, 2.24) is 10.6 Å². The second-order valence-electron chi connectivity index (χ2n) is 10.8.